The number of hydrogen-bond donors (Lipinski definition) is 2. The van der Waals surface area contributed by atoms with E-state index in [0.29, 0.717) is 36.2 Å². The molecule has 0 saturated carbocycles. The zero-order chi connectivity index (χ0) is 20.9. The molecule has 3 rings (SSSR count). The van der Waals surface area contributed by atoms with E-state index in [0.717, 1.165) is 24.2 Å². The molecule has 2 aromatic carbocycles. The second-order valence-corrected chi connectivity index (χ2v) is 8.98. The fraction of sp³-hybridized carbons (Fsp3) is 0.350. The van der Waals surface area contributed by atoms with Gasteiger partial charge in [0.05, 0.1) is 24.8 Å². The molecule has 1 heterocycles. The second-order valence-electron chi connectivity index (χ2n) is 6.63. The Balaban J connectivity index is 1.70. The van der Waals surface area contributed by atoms with Crippen molar-refractivity contribution in [1.29, 1.82) is 0 Å². The smallest absolute Gasteiger partial charge is 0.243 e. The minimum Gasteiger partial charge on any atom is -0.497 e. The van der Waals surface area contributed by atoms with E-state index in [1.807, 2.05) is 24.3 Å². The van der Waals surface area contributed by atoms with Crippen molar-refractivity contribution in [3.05, 3.63) is 48.0 Å². The van der Waals surface area contributed by atoms with Crippen molar-refractivity contribution < 1.29 is 17.9 Å². The molecule has 0 radical (unpaired) electrons. The van der Waals surface area contributed by atoms with Crippen LogP contribution in [0.25, 0.3) is 0 Å². The van der Waals surface area contributed by atoms with E-state index in [9.17, 15) is 8.42 Å². The zero-order valence-electron chi connectivity index (χ0n) is 16.5. The van der Waals surface area contributed by atoms with Crippen LogP contribution in [0.5, 0.6) is 11.5 Å². The second kappa shape index (κ2) is 9.43. The number of benzene rings is 2. The minimum atomic E-state index is -3.52. The van der Waals surface area contributed by atoms with Crippen molar-refractivity contribution in [1.82, 2.24) is 9.62 Å². The van der Waals surface area contributed by atoms with Crippen molar-refractivity contribution >= 4 is 33.0 Å². The Kier molecular flexibility index (Phi) is 6.94. The van der Waals surface area contributed by atoms with Gasteiger partial charge in [-0.15, -0.1) is 0 Å². The summed E-state index contributed by atoms with van der Waals surface area (Å²) in [5.74, 6) is 1.30. The van der Waals surface area contributed by atoms with E-state index in [1.165, 1.54) is 11.4 Å². The highest BCUT2D eigenvalue weighted by Crippen LogP contribution is 2.30. The van der Waals surface area contributed by atoms with Crippen molar-refractivity contribution in [3.63, 3.8) is 0 Å². The Morgan fingerprint density at radius 1 is 1.07 bits per heavy atom. The molecular weight excluding hydrogens is 410 g/mol. The lowest BCUT2D eigenvalue weighted by molar-refractivity contribution is 0.414. The van der Waals surface area contributed by atoms with Crippen molar-refractivity contribution in [2.24, 2.45) is 0 Å². The first-order valence-electron chi connectivity index (χ1n) is 9.30. The summed E-state index contributed by atoms with van der Waals surface area (Å²) in [6.07, 6.45) is 1.78. The van der Waals surface area contributed by atoms with Gasteiger partial charge in [-0.25, -0.2) is 8.42 Å². The first-order chi connectivity index (χ1) is 13.9. The first kappa shape index (κ1) is 21.4. The van der Waals surface area contributed by atoms with Gasteiger partial charge < -0.3 is 20.1 Å². The van der Waals surface area contributed by atoms with Crippen molar-refractivity contribution in [2.75, 3.05) is 32.6 Å². The van der Waals surface area contributed by atoms with E-state index in [-0.39, 0.29) is 4.90 Å². The van der Waals surface area contributed by atoms with Gasteiger partial charge in [-0.3, -0.25) is 0 Å². The van der Waals surface area contributed by atoms with Gasteiger partial charge in [-0.05, 0) is 61.0 Å². The van der Waals surface area contributed by atoms with Crippen LogP contribution in [-0.2, 0) is 16.6 Å². The number of anilines is 1. The maximum atomic E-state index is 12.8. The zero-order valence-corrected chi connectivity index (χ0v) is 18.1. The number of nitrogens with one attached hydrogen (secondary N) is 2. The van der Waals surface area contributed by atoms with Crippen molar-refractivity contribution in [2.45, 2.75) is 24.3 Å². The van der Waals surface area contributed by atoms with Gasteiger partial charge in [-0.1, -0.05) is 12.1 Å². The van der Waals surface area contributed by atoms with Crippen LogP contribution in [0.4, 0.5) is 5.69 Å². The fourth-order valence-corrected chi connectivity index (χ4v) is 4.84. The number of thiocarbonyl (C=S) groups is 1. The predicted octanol–water partition coefficient (Wildman–Crippen LogP) is 2.97. The van der Waals surface area contributed by atoms with Crippen LogP contribution in [0.3, 0.4) is 0 Å². The standard InChI is InChI=1S/C20H25N3O4S2/c1-26-16-7-5-15(6-8-16)14-21-20(28)22-18-13-17(9-10-19(18)27-2)29(24,25)23-11-3-4-12-23/h5-10,13H,3-4,11-12,14H2,1-2H3,(H2,21,22,28). The van der Waals surface area contributed by atoms with E-state index < -0.39 is 10.0 Å². The Hall–Kier alpha value is -2.36. The molecular formula is C20H25N3O4S2. The molecule has 0 aromatic heterocycles. The largest absolute Gasteiger partial charge is 0.497 e. The fourth-order valence-electron chi connectivity index (χ4n) is 3.12. The number of rotatable bonds is 7. The molecule has 156 valence electrons. The monoisotopic (exact) mass is 435 g/mol. The summed E-state index contributed by atoms with van der Waals surface area (Å²) in [4.78, 5) is 0.223. The number of ether oxygens (including phenoxy) is 2. The van der Waals surface area contributed by atoms with Crippen LogP contribution in [-0.4, -0.2) is 45.1 Å². The quantitative estimate of drug-likeness (QED) is 0.647. The van der Waals surface area contributed by atoms with E-state index in [4.69, 9.17) is 21.7 Å². The molecule has 0 bridgehead atoms. The SMILES string of the molecule is COc1ccc(CNC(=S)Nc2cc(S(=O)(=O)N3CCCC3)ccc2OC)cc1. The number of nitrogens with zero attached hydrogens (tertiary/aromatic N) is 1. The summed E-state index contributed by atoms with van der Waals surface area (Å²) < 4.78 is 37.7. The van der Waals surface area contributed by atoms with Gasteiger partial charge in [0.2, 0.25) is 10.0 Å². The average molecular weight is 436 g/mol. The summed E-state index contributed by atoms with van der Waals surface area (Å²) >= 11 is 5.37. The minimum absolute atomic E-state index is 0.223. The molecule has 0 amide bonds. The molecule has 1 aliphatic rings. The van der Waals surface area contributed by atoms with Crippen LogP contribution in [0.15, 0.2) is 47.4 Å². The third-order valence-corrected chi connectivity index (χ3v) is 6.88. The maximum absolute atomic E-state index is 12.8. The van der Waals surface area contributed by atoms with Crippen LogP contribution in [0, 0.1) is 0 Å². The summed E-state index contributed by atoms with van der Waals surface area (Å²) in [5.41, 5.74) is 1.53. The first-order valence-corrected chi connectivity index (χ1v) is 11.1. The highest BCUT2D eigenvalue weighted by atomic mass is 32.2. The Morgan fingerprint density at radius 3 is 2.38 bits per heavy atom. The average Bonchev–Trinajstić information content (AvgIpc) is 3.28. The highest BCUT2D eigenvalue weighted by Gasteiger charge is 2.27. The van der Waals surface area contributed by atoms with Gasteiger partial charge in [0.15, 0.2) is 5.11 Å². The molecule has 0 atom stereocenters. The molecule has 0 aliphatic carbocycles. The van der Waals surface area contributed by atoms with Gasteiger partial charge in [-0.2, -0.15) is 4.31 Å². The van der Waals surface area contributed by atoms with Crippen LogP contribution < -0.4 is 20.1 Å². The van der Waals surface area contributed by atoms with Gasteiger partial charge in [0, 0.05) is 19.6 Å². The molecule has 1 fully saturated rings. The molecule has 7 nitrogen and oxygen atoms in total. The Labute approximate surface area is 177 Å². The highest BCUT2D eigenvalue weighted by molar-refractivity contribution is 7.89. The lowest BCUT2D eigenvalue weighted by Gasteiger charge is -2.18. The lowest BCUT2D eigenvalue weighted by Crippen LogP contribution is -2.29. The number of sulfonamides is 1. The normalized spacial score (nSPS) is 14.4. The van der Waals surface area contributed by atoms with Crippen LogP contribution >= 0.6 is 12.2 Å². The molecule has 1 aliphatic heterocycles. The van der Waals surface area contributed by atoms with Gasteiger partial charge in [0.1, 0.15) is 11.5 Å². The third kappa shape index (κ3) is 5.17. The van der Waals surface area contributed by atoms with Gasteiger partial charge in [0.25, 0.3) is 0 Å². The Bertz CT molecular complexity index is 956. The molecule has 1 saturated heterocycles. The maximum Gasteiger partial charge on any atom is 0.243 e. The van der Waals surface area contributed by atoms with E-state index in [1.54, 1.807) is 25.3 Å². The Morgan fingerprint density at radius 2 is 1.76 bits per heavy atom. The number of methoxy groups -OCH3 is 2. The summed E-state index contributed by atoms with van der Waals surface area (Å²) in [6.45, 7) is 1.63. The van der Waals surface area contributed by atoms with Crippen LogP contribution in [0.1, 0.15) is 18.4 Å². The molecule has 29 heavy (non-hydrogen) atoms. The summed E-state index contributed by atoms with van der Waals surface area (Å²) in [5, 5.41) is 6.53. The third-order valence-electron chi connectivity index (χ3n) is 4.73. The number of hydrogen-bond acceptors (Lipinski definition) is 5. The topological polar surface area (TPSA) is 79.9 Å². The predicted molar refractivity (Wildman–Crippen MR) is 117 cm³/mol. The molecule has 0 unspecified atom stereocenters. The summed E-state index contributed by atoms with van der Waals surface area (Å²) in [7, 11) is -0.368. The lowest BCUT2D eigenvalue weighted by atomic mass is 10.2. The van der Waals surface area contributed by atoms with E-state index in [2.05, 4.69) is 10.6 Å². The molecule has 2 aromatic rings. The molecule has 9 heteroatoms. The molecule has 0 spiro atoms. The van der Waals surface area contributed by atoms with Crippen LogP contribution in [0.2, 0.25) is 0 Å². The van der Waals surface area contributed by atoms with Gasteiger partial charge >= 0.3 is 0 Å². The molecule has 2 N–H and O–H groups in total. The van der Waals surface area contributed by atoms with E-state index >= 15 is 0 Å². The van der Waals surface area contributed by atoms with Crippen molar-refractivity contribution in [3.8, 4) is 11.5 Å². The summed E-state index contributed by atoms with van der Waals surface area (Å²) in [6, 6.07) is 12.4.